The monoisotopic (exact) mass is 365 g/mol. The summed E-state index contributed by atoms with van der Waals surface area (Å²) >= 11 is 6.22. The molecule has 0 heterocycles. The van der Waals surface area contributed by atoms with Crippen molar-refractivity contribution in [3.63, 3.8) is 0 Å². The zero-order chi connectivity index (χ0) is 18.2. The average molecular weight is 366 g/mol. The molecule has 25 heavy (non-hydrogen) atoms. The van der Waals surface area contributed by atoms with Crippen molar-refractivity contribution in [3.8, 4) is 11.5 Å². The van der Waals surface area contributed by atoms with Crippen LogP contribution in [-0.4, -0.2) is 26.2 Å². The second-order valence-electron chi connectivity index (χ2n) is 5.47. The Morgan fingerprint density at radius 1 is 1.24 bits per heavy atom. The Morgan fingerprint density at radius 3 is 2.60 bits per heavy atom. The zero-order valence-corrected chi connectivity index (χ0v) is 15.0. The van der Waals surface area contributed by atoms with Gasteiger partial charge in [0.1, 0.15) is 5.82 Å². The van der Waals surface area contributed by atoms with Gasteiger partial charge < -0.3 is 14.8 Å². The summed E-state index contributed by atoms with van der Waals surface area (Å²) in [6, 6.07) is 9.35. The number of ether oxygens (including phenoxy) is 2. The van der Waals surface area contributed by atoms with Gasteiger partial charge in [0.15, 0.2) is 11.5 Å². The van der Waals surface area contributed by atoms with Crippen molar-refractivity contribution in [2.45, 2.75) is 19.8 Å². The predicted octanol–water partition coefficient (Wildman–Crippen LogP) is 4.25. The van der Waals surface area contributed by atoms with Crippen LogP contribution in [0.2, 0.25) is 5.02 Å². The summed E-state index contributed by atoms with van der Waals surface area (Å²) in [5.74, 6) is 0.322. The molecule has 0 saturated heterocycles. The highest BCUT2D eigenvalue weighted by molar-refractivity contribution is 6.32. The van der Waals surface area contributed by atoms with Crippen molar-refractivity contribution >= 4 is 17.5 Å². The summed E-state index contributed by atoms with van der Waals surface area (Å²) in [6.45, 7) is 2.93. The van der Waals surface area contributed by atoms with Crippen molar-refractivity contribution in [1.29, 1.82) is 0 Å². The third-order valence-electron chi connectivity index (χ3n) is 3.55. The smallest absolute Gasteiger partial charge is 0.251 e. The number of halogens is 2. The Labute approximate surface area is 151 Å². The number of carbonyl (C=O) groups excluding carboxylic acids is 1. The van der Waals surface area contributed by atoms with E-state index in [0.717, 1.165) is 12.0 Å². The topological polar surface area (TPSA) is 47.6 Å². The Hall–Kier alpha value is -2.27. The molecule has 0 unspecified atom stereocenters. The summed E-state index contributed by atoms with van der Waals surface area (Å²) in [5, 5.41) is 3.15. The molecule has 2 rings (SSSR count). The normalized spacial score (nSPS) is 10.4. The van der Waals surface area contributed by atoms with E-state index in [1.807, 2.05) is 6.92 Å². The standard InChI is InChI=1S/C19H21ClFNO3/c1-3-10-25-18-16(20)11-14(12-17(18)24-2)19(23)22-9-8-13-4-6-15(21)7-5-13/h4-7,11-12H,3,8-10H2,1-2H3,(H,22,23). The number of benzene rings is 2. The first-order valence-electron chi connectivity index (χ1n) is 8.08. The van der Waals surface area contributed by atoms with Crippen LogP contribution < -0.4 is 14.8 Å². The highest BCUT2D eigenvalue weighted by atomic mass is 35.5. The highest BCUT2D eigenvalue weighted by Crippen LogP contribution is 2.36. The fraction of sp³-hybridized carbons (Fsp3) is 0.316. The minimum atomic E-state index is -0.278. The van der Waals surface area contributed by atoms with Gasteiger partial charge in [-0.1, -0.05) is 30.7 Å². The van der Waals surface area contributed by atoms with Crippen molar-refractivity contribution in [1.82, 2.24) is 5.32 Å². The van der Waals surface area contributed by atoms with Crippen LogP contribution in [0.5, 0.6) is 11.5 Å². The molecule has 4 nitrogen and oxygen atoms in total. The fourth-order valence-electron chi connectivity index (χ4n) is 2.27. The van der Waals surface area contributed by atoms with E-state index in [9.17, 15) is 9.18 Å². The second-order valence-corrected chi connectivity index (χ2v) is 5.88. The van der Waals surface area contributed by atoms with Crippen molar-refractivity contribution in [2.24, 2.45) is 0 Å². The maximum absolute atomic E-state index is 12.9. The Morgan fingerprint density at radius 2 is 1.96 bits per heavy atom. The quantitative estimate of drug-likeness (QED) is 0.760. The summed E-state index contributed by atoms with van der Waals surface area (Å²) < 4.78 is 23.7. The minimum Gasteiger partial charge on any atom is -0.493 e. The van der Waals surface area contributed by atoms with E-state index in [1.54, 1.807) is 24.3 Å². The lowest BCUT2D eigenvalue weighted by atomic mass is 10.1. The van der Waals surface area contributed by atoms with Gasteiger partial charge in [0.05, 0.1) is 18.7 Å². The van der Waals surface area contributed by atoms with Crippen LogP contribution in [0.4, 0.5) is 4.39 Å². The number of carbonyl (C=O) groups is 1. The van der Waals surface area contributed by atoms with Crippen LogP contribution in [0.1, 0.15) is 29.3 Å². The molecule has 0 aliphatic carbocycles. The van der Waals surface area contributed by atoms with E-state index in [0.29, 0.717) is 41.7 Å². The molecule has 1 amide bonds. The third-order valence-corrected chi connectivity index (χ3v) is 3.84. The van der Waals surface area contributed by atoms with Crippen LogP contribution in [0.3, 0.4) is 0 Å². The van der Waals surface area contributed by atoms with E-state index in [2.05, 4.69) is 5.32 Å². The molecule has 0 aliphatic heterocycles. The summed E-state index contributed by atoms with van der Waals surface area (Å²) in [6.07, 6.45) is 1.44. The number of hydrogen-bond donors (Lipinski definition) is 1. The maximum Gasteiger partial charge on any atom is 0.251 e. The van der Waals surface area contributed by atoms with Gasteiger partial charge in [-0.3, -0.25) is 4.79 Å². The molecule has 0 radical (unpaired) electrons. The maximum atomic E-state index is 12.9. The van der Waals surface area contributed by atoms with Gasteiger partial charge in [-0.05, 0) is 42.7 Å². The Balaban J connectivity index is 2.00. The van der Waals surface area contributed by atoms with Gasteiger partial charge in [-0.2, -0.15) is 0 Å². The molecule has 2 aromatic rings. The Bertz CT molecular complexity index is 719. The molecule has 0 atom stereocenters. The second kappa shape index (κ2) is 9.28. The number of nitrogens with one attached hydrogen (secondary N) is 1. The van der Waals surface area contributed by atoms with E-state index < -0.39 is 0 Å². The van der Waals surface area contributed by atoms with Crippen molar-refractivity contribution in [2.75, 3.05) is 20.3 Å². The zero-order valence-electron chi connectivity index (χ0n) is 14.3. The lowest BCUT2D eigenvalue weighted by Crippen LogP contribution is -2.25. The van der Waals surface area contributed by atoms with Crippen LogP contribution >= 0.6 is 11.6 Å². The van der Waals surface area contributed by atoms with E-state index in [1.165, 1.54) is 19.2 Å². The first-order valence-corrected chi connectivity index (χ1v) is 8.46. The first kappa shape index (κ1) is 19.1. The molecule has 134 valence electrons. The van der Waals surface area contributed by atoms with Crippen LogP contribution in [-0.2, 0) is 6.42 Å². The molecule has 0 aliphatic rings. The Kier molecular flexibility index (Phi) is 7.07. The van der Waals surface area contributed by atoms with Crippen LogP contribution in [0.15, 0.2) is 36.4 Å². The lowest BCUT2D eigenvalue weighted by Gasteiger charge is -2.14. The van der Waals surface area contributed by atoms with E-state index >= 15 is 0 Å². The summed E-state index contributed by atoms with van der Waals surface area (Å²) in [4.78, 5) is 12.3. The molecule has 0 bridgehead atoms. The number of amides is 1. The fourth-order valence-corrected chi connectivity index (χ4v) is 2.53. The molecule has 0 saturated carbocycles. The van der Waals surface area contributed by atoms with Gasteiger partial charge in [-0.25, -0.2) is 4.39 Å². The SMILES string of the molecule is CCCOc1c(Cl)cc(C(=O)NCCc2ccc(F)cc2)cc1OC. The van der Waals surface area contributed by atoms with Crippen molar-refractivity contribution < 1.29 is 18.7 Å². The summed E-state index contributed by atoms with van der Waals surface area (Å²) in [7, 11) is 1.50. The van der Waals surface area contributed by atoms with Crippen molar-refractivity contribution in [3.05, 3.63) is 58.4 Å². The minimum absolute atomic E-state index is 0.260. The molecule has 2 aromatic carbocycles. The van der Waals surface area contributed by atoms with Gasteiger partial charge in [-0.15, -0.1) is 0 Å². The average Bonchev–Trinajstić information content (AvgIpc) is 2.61. The van der Waals surface area contributed by atoms with Gasteiger partial charge >= 0.3 is 0 Å². The number of methoxy groups -OCH3 is 1. The van der Waals surface area contributed by atoms with Gasteiger partial charge in [0.2, 0.25) is 0 Å². The number of rotatable bonds is 8. The largest absolute Gasteiger partial charge is 0.493 e. The molecule has 1 N–H and O–H groups in total. The first-order chi connectivity index (χ1) is 12.0. The summed E-state index contributed by atoms with van der Waals surface area (Å²) in [5.41, 5.74) is 1.34. The van der Waals surface area contributed by atoms with Gasteiger partial charge in [0.25, 0.3) is 5.91 Å². The third kappa shape index (κ3) is 5.36. The number of hydrogen-bond acceptors (Lipinski definition) is 3. The molecular formula is C19H21ClFNO3. The molecule has 0 aromatic heterocycles. The molecule has 6 heteroatoms. The molecule has 0 spiro atoms. The molecule has 0 fully saturated rings. The van der Waals surface area contributed by atoms with E-state index in [-0.39, 0.29) is 11.7 Å². The highest BCUT2D eigenvalue weighted by Gasteiger charge is 2.15. The van der Waals surface area contributed by atoms with E-state index in [4.69, 9.17) is 21.1 Å². The molecular weight excluding hydrogens is 345 g/mol. The van der Waals surface area contributed by atoms with Crippen LogP contribution in [0.25, 0.3) is 0 Å². The van der Waals surface area contributed by atoms with Crippen LogP contribution in [0, 0.1) is 5.82 Å². The van der Waals surface area contributed by atoms with Gasteiger partial charge in [0, 0.05) is 12.1 Å². The lowest BCUT2D eigenvalue weighted by molar-refractivity contribution is 0.0953. The predicted molar refractivity (Wildman–Crippen MR) is 96.2 cm³/mol.